The van der Waals surface area contributed by atoms with E-state index in [2.05, 4.69) is 10.1 Å². The molecule has 3 aromatic rings. The molecule has 0 saturated carbocycles. The maximum atomic E-state index is 13.7. The highest BCUT2D eigenvalue weighted by molar-refractivity contribution is 7.89. The molecule has 3 rings (SSSR count). The molecule has 0 aliphatic carbocycles. The van der Waals surface area contributed by atoms with E-state index in [0.29, 0.717) is 0 Å². The van der Waals surface area contributed by atoms with E-state index in [-0.39, 0.29) is 31.4 Å². The predicted octanol–water partition coefficient (Wildman–Crippen LogP) is 2.87. The van der Waals surface area contributed by atoms with E-state index >= 15 is 0 Å². The molecule has 0 spiro atoms. The molecule has 0 saturated heterocycles. The van der Waals surface area contributed by atoms with Gasteiger partial charge in [-0.3, -0.25) is 9.48 Å². The number of rotatable bonds is 9. The third-order valence-corrected chi connectivity index (χ3v) is 5.87. The number of aliphatic carboxylic acids is 1. The van der Waals surface area contributed by atoms with Gasteiger partial charge in [0.2, 0.25) is 10.9 Å². The van der Waals surface area contributed by atoms with Crippen LogP contribution in [-0.2, 0) is 27.8 Å². The van der Waals surface area contributed by atoms with Crippen LogP contribution >= 0.6 is 0 Å². The number of benzene rings is 1. The molecule has 0 radical (unpaired) electrons. The number of pyridine rings is 1. The van der Waals surface area contributed by atoms with Crippen LogP contribution in [0, 0.1) is 12.7 Å². The van der Waals surface area contributed by atoms with Crippen molar-refractivity contribution in [1.82, 2.24) is 14.8 Å². The zero-order chi connectivity index (χ0) is 24.3. The number of carboxylic acids is 1. The molecule has 0 amide bonds. The van der Waals surface area contributed by atoms with Gasteiger partial charge in [-0.1, -0.05) is 26.0 Å². The number of sulfonamides is 1. The molecule has 2 heterocycles. The number of carbonyl (C=O) groups is 1. The number of nitrogens with two attached hydrogens (primary N) is 1. The number of aromatic nitrogens is 3. The van der Waals surface area contributed by atoms with Crippen LogP contribution in [0.1, 0.15) is 36.5 Å². The van der Waals surface area contributed by atoms with Crippen LogP contribution in [0.3, 0.4) is 0 Å². The Labute approximate surface area is 191 Å². The summed E-state index contributed by atoms with van der Waals surface area (Å²) in [7, 11) is -4.25. The van der Waals surface area contributed by atoms with Crippen LogP contribution in [0.2, 0.25) is 0 Å². The van der Waals surface area contributed by atoms with E-state index in [1.165, 1.54) is 0 Å². The first-order valence-corrected chi connectivity index (χ1v) is 11.7. The summed E-state index contributed by atoms with van der Waals surface area (Å²) in [5.41, 5.74) is 4.22. The van der Waals surface area contributed by atoms with Gasteiger partial charge in [-0.05, 0) is 46.7 Å². The van der Waals surface area contributed by atoms with Gasteiger partial charge in [0.25, 0.3) is 10.0 Å². The van der Waals surface area contributed by atoms with Gasteiger partial charge in [-0.2, -0.15) is 5.10 Å². The lowest BCUT2D eigenvalue weighted by Crippen LogP contribution is -2.15. The number of ether oxygens (including phenoxy) is 1. The molecule has 0 aliphatic rings. The molecule has 0 aliphatic heterocycles. The first kappa shape index (κ1) is 24.3. The van der Waals surface area contributed by atoms with Crippen molar-refractivity contribution in [3.63, 3.8) is 0 Å². The average Bonchev–Trinajstić information content (AvgIpc) is 3.08. The van der Waals surface area contributed by atoms with Crippen molar-refractivity contribution < 1.29 is 27.4 Å². The largest absolute Gasteiger partial charge is 0.481 e. The van der Waals surface area contributed by atoms with Crippen molar-refractivity contribution in [3.8, 4) is 17.0 Å². The minimum Gasteiger partial charge on any atom is -0.481 e. The number of hydrogen-bond donors (Lipinski definition) is 2. The number of primary sulfonamides is 1. The van der Waals surface area contributed by atoms with Crippen LogP contribution in [0.4, 0.5) is 4.39 Å². The maximum Gasteiger partial charge on any atom is 0.307 e. The number of hydrogen-bond acceptors (Lipinski definition) is 6. The maximum absolute atomic E-state index is 13.7. The highest BCUT2D eigenvalue weighted by Gasteiger charge is 2.20. The lowest BCUT2D eigenvalue weighted by atomic mass is 9.86. The van der Waals surface area contributed by atoms with Gasteiger partial charge in [-0.25, -0.2) is 22.9 Å². The molecule has 33 heavy (non-hydrogen) atoms. The lowest BCUT2D eigenvalue weighted by molar-refractivity contribution is -0.136. The van der Waals surface area contributed by atoms with Crippen LogP contribution < -0.4 is 9.88 Å². The third kappa shape index (κ3) is 5.74. The normalized spacial score (nSPS) is 11.7. The molecule has 9 nitrogen and oxygen atoms in total. The Morgan fingerprint density at radius 3 is 2.64 bits per heavy atom. The topological polar surface area (TPSA) is 137 Å². The highest BCUT2D eigenvalue weighted by atomic mass is 32.2. The molecular weight excluding hydrogens is 451 g/mol. The minimum atomic E-state index is -4.25. The molecule has 11 heteroatoms. The fourth-order valence-electron chi connectivity index (χ4n) is 3.64. The Bertz CT molecular complexity index is 1290. The summed E-state index contributed by atoms with van der Waals surface area (Å²) in [4.78, 5) is 15.7. The monoisotopic (exact) mass is 476 g/mol. The summed E-state index contributed by atoms with van der Waals surface area (Å²) in [6.45, 7) is 6.04. The molecule has 0 bridgehead atoms. The molecule has 2 aromatic heterocycles. The first-order chi connectivity index (χ1) is 15.5. The highest BCUT2D eigenvalue weighted by Crippen LogP contribution is 2.34. The SMILES string of the molecule is Cc1ccc(C(C)C)c(CC(=O)O)c1-c1ccnc(OCCn2cc(F)c(S(N)(=O)=O)n2)c1. The molecule has 3 N–H and O–H groups in total. The van der Waals surface area contributed by atoms with Crippen molar-refractivity contribution in [1.29, 1.82) is 0 Å². The minimum absolute atomic E-state index is 0.0363. The van der Waals surface area contributed by atoms with E-state index in [0.717, 1.165) is 38.7 Å². The van der Waals surface area contributed by atoms with Gasteiger partial charge < -0.3 is 9.84 Å². The van der Waals surface area contributed by atoms with Crippen LogP contribution in [-0.4, -0.2) is 40.9 Å². The Morgan fingerprint density at radius 2 is 2.03 bits per heavy atom. The summed E-state index contributed by atoms with van der Waals surface area (Å²) >= 11 is 0. The van der Waals surface area contributed by atoms with E-state index < -0.39 is 26.8 Å². The quantitative estimate of drug-likeness (QED) is 0.484. The molecule has 0 fully saturated rings. The summed E-state index contributed by atoms with van der Waals surface area (Å²) in [5.74, 6) is -1.53. The third-order valence-electron chi connectivity index (χ3n) is 5.06. The molecule has 0 atom stereocenters. The fraction of sp³-hybridized carbons (Fsp3) is 0.318. The van der Waals surface area contributed by atoms with E-state index in [4.69, 9.17) is 9.88 Å². The zero-order valence-corrected chi connectivity index (χ0v) is 19.3. The number of aryl methyl sites for hydroxylation is 1. The summed E-state index contributed by atoms with van der Waals surface area (Å²) in [6, 6.07) is 7.41. The summed E-state index contributed by atoms with van der Waals surface area (Å²) in [5, 5.41) is 17.2. The van der Waals surface area contributed by atoms with Crippen LogP contribution in [0.5, 0.6) is 5.88 Å². The molecular formula is C22H25FN4O5S. The average molecular weight is 477 g/mol. The van der Waals surface area contributed by atoms with Crippen molar-refractivity contribution in [2.45, 2.75) is 44.7 Å². The van der Waals surface area contributed by atoms with Crippen molar-refractivity contribution in [2.75, 3.05) is 6.61 Å². The van der Waals surface area contributed by atoms with Gasteiger partial charge in [0.15, 0.2) is 5.82 Å². The number of nitrogens with zero attached hydrogens (tertiary/aromatic N) is 3. The van der Waals surface area contributed by atoms with E-state index in [1.54, 1.807) is 18.3 Å². The number of carboxylic acid groups (broad SMARTS) is 1. The summed E-state index contributed by atoms with van der Waals surface area (Å²) in [6.07, 6.45) is 2.37. The van der Waals surface area contributed by atoms with Crippen molar-refractivity contribution in [3.05, 3.63) is 59.2 Å². The molecule has 176 valence electrons. The van der Waals surface area contributed by atoms with Gasteiger partial charge in [0.1, 0.15) is 6.61 Å². The molecule has 0 unspecified atom stereocenters. The van der Waals surface area contributed by atoms with Crippen molar-refractivity contribution >= 4 is 16.0 Å². The van der Waals surface area contributed by atoms with Crippen molar-refractivity contribution in [2.24, 2.45) is 5.14 Å². The van der Waals surface area contributed by atoms with Gasteiger partial charge >= 0.3 is 5.97 Å². The first-order valence-electron chi connectivity index (χ1n) is 10.2. The van der Waals surface area contributed by atoms with E-state index in [9.17, 15) is 22.7 Å². The standard InChI is InChI=1S/C22H25FN4O5S/c1-13(2)16-5-4-14(3)21(17(16)11-20(28)29)15-6-7-25-19(10-15)32-9-8-27-12-18(23)22(26-27)33(24,30)31/h4-7,10,12-13H,8-9,11H2,1-3H3,(H,28,29)(H2,24,30,31). The van der Waals surface area contributed by atoms with Crippen LogP contribution in [0.15, 0.2) is 41.7 Å². The second-order valence-electron chi connectivity index (χ2n) is 7.87. The summed E-state index contributed by atoms with van der Waals surface area (Å²) < 4.78 is 43.1. The lowest BCUT2D eigenvalue weighted by Gasteiger charge is -2.19. The van der Waals surface area contributed by atoms with E-state index in [1.807, 2.05) is 32.9 Å². The second kappa shape index (κ2) is 9.67. The molecule has 1 aromatic carbocycles. The Kier molecular flexibility index (Phi) is 7.13. The van der Waals surface area contributed by atoms with Crippen LogP contribution in [0.25, 0.3) is 11.1 Å². The Balaban J connectivity index is 1.85. The van der Waals surface area contributed by atoms with Gasteiger partial charge in [0, 0.05) is 12.3 Å². The van der Waals surface area contributed by atoms with Gasteiger partial charge in [0.05, 0.1) is 19.2 Å². The predicted molar refractivity (Wildman–Crippen MR) is 119 cm³/mol. The Morgan fingerprint density at radius 1 is 1.30 bits per heavy atom. The number of halogens is 1. The zero-order valence-electron chi connectivity index (χ0n) is 18.4. The Hall–Kier alpha value is -3.31. The fourth-order valence-corrected chi connectivity index (χ4v) is 4.18. The van der Waals surface area contributed by atoms with Gasteiger partial charge in [-0.15, -0.1) is 0 Å². The second-order valence-corrected chi connectivity index (χ2v) is 9.35. The smallest absolute Gasteiger partial charge is 0.307 e.